The summed E-state index contributed by atoms with van der Waals surface area (Å²) in [5.74, 6) is -2.24. The third kappa shape index (κ3) is 2.55. The van der Waals surface area contributed by atoms with Crippen LogP contribution < -0.4 is 5.32 Å². The Labute approximate surface area is 114 Å². The van der Waals surface area contributed by atoms with Crippen LogP contribution in [-0.4, -0.2) is 20.1 Å². The summed E-state index contributed by atoms with van der Waals surface area (Å²) in [6.45, 7) is 0. The quantitative estimate of drug-likeness (QED) is 0.875. The molecule has 1 aromatic heterocycles. The zero-order valence-corrected chi connectivity index (χ0v) is 10.9. The highest BCUT2D eigenvalue weighted by atomic mass is 19.2. The highest BCUT2D eigenvalue weighted by Gasteiger charge is 2.23. The molecule has 1 heterocycles. The molecule has 1 unspecified atom stereocenters. The van der Waals surface area contributed by atoms with E-state index < -0.39 is 23.6 Å². The third-order valence-corrected chi connectivity index (χ3v) is 2.88. The van der Waals surface area contributed by atoms with Gasteiger partial charge in [-0.1, -0.05) is 12.1 Å². The molecular weight excluding hydrogens is 268 g/mol. The molecule has 0 aliphatic heterocycles. The van der Waals surface area contributed by atoms with Crippen LogP contribution in [0.15, 0.2) is 34.7 Å². The van der Waals surface area contributed by atoms with E-state index in [2.05, 4.69) is 10.1 Å². The van der Waals surface area contributed by atoms with Crippen LogP contribution in [0, 0.1) is 11.6 Å². The van der Waals surface area contributed by atoms with Gasteiger partial charge in [-0.25, -0.2) is 13.6 Å². The molecule has 0 aliphatic rings. The molecule has 0 bridgehead atoms. The summed E-state index contributed by atoms with van der Waals surface area (Å²) in [6, 6.07) is 6.11. The molecule has 4 nitrogen and oxygen atoms in total. The normalized spacial score (nSPS) is 12.2. The van der Waals surface area contributed by atoms with Crippen LogP contribution in [0.1, 0.15) is 27.9 Å². The molecule has 0 amide bonds. The summed E-state index contributed by atoms with van der Waals surface area (Å²) in [5.41, 5.74) is 0.0956. The van der Waals surface area contributed by atoms with E-state index in [-0.39, 0.29) is 17.1 Å². The number of hydrogen-bond donors (Lipinski definition) is 1. The lowest BCUT2D eigenvalue weighted by Gasteiger charge is -2.15. The number of halogens is 2. The molecule has 6 heteroatoms. The Kier molecular flexibility index (Phi) is 4.14. The van der Waals surface area contributed by atoms with E-state index in [0.717, 1.165) is 6.07 Å². The summed E-state index contributed by atoms with van der Waals surface area (Å²) in [7, 11) is 2.81. The zero-order chi connectivity index (χ0) is 14.7. The van der Waals surface area contributed by atoms with Crippen LogP contribution in [0.5, 0.6) is 0 Å². The van der Waals surface area contributed by atoms with E-state index in [9.17, 15) is 13.6 Å². The van der Waals surface area contributed by atoms with E-state index in [1.54, 1.807) is 7.05 Å². The average Bonchev–Trinajstić information content (AvgIpc) is 2.93. The Morgan fingerprint density at radius 2 is 2.05 bits per heavy atom. The Morgan fingerprint density at radius 1 is 1.30 bits per heavy atom. The van der Waals surface area contributed by atoms with E-state index in [1.807, 2.05) is 0 Å². The van der Waals surface area contributed by atoms with Gasteiger partial charge in [-0.2, -0.15) is 0 Å². The summed E-state index contributed by atoms with van der Waals surface area (Å²) >= 11 is 0. The maximum atomic E-state index is 13.8. The van der Waals surface area contributed by atoms with Crippen LogP contribution in [0.4, 0.5) is 8.78 Å². The van der Waals surface area contributed by atoms with Crippen molar-refractivity contribution in [1.82, 2.24) is 5.32 Å². The Morgan fingerprint density at radius 3 is 2.70 bits per heavy atom. The van der Waals surface area contributed by atoms with Gasteiger partial charge in [0.25, 0.3) is 0 Å². The highest BCUT2D eigenvalue weighted by molar-refractivity contribution is 5.86. The van der Waals surface area contributed by atoms with Crippen molar-refractivity contribution in [2.45, 2.75) is 6.04 Å². The molecule has 0 saturated carbocycles. The van der Waals surface area contributed by atoms with Crippen molar-refractivity contribution >= 4 is 5.97 Å². The number of nitrogens with one attached hydrogen (secondary N) is 1. The van der Waals surface area contributed by atoms with Crippen molar-refractivity contribution in [2.24, 2.45) is 0 Å². The van der Waals surface area contributed by atoms with Gasteiger partial charge in [0, 0.05) is 5.56 Å². The molecule has 0 radical (unpaired) electrons. The number of ether oxygens (including phenoxy) is 1. The van der Waals surface area contributed by atoms with Crippen LogP contribution in [0.2, 0.25) is 0 Å². The first-order valence-electron chi connectivity index (χ1n) is 5.87. The first-order chi connectivity index (χ1) is 9.58. The lowest BCUT2D eigenvalue weighted by molar-refractivity contribution is 0.0562. The van der Waals surface area contributed by atoms with Crippen LogP contribution in [-0.2, 0) is 4.74 Å². The predicted octanol–water partition coefficient (Wildman–Crippen LogP) is 2.65. The van der Waals surface area contributed by atoms with Crippen molar-refractivity contribution in [3.8, 4) is 0 Å². The van der Waals surface area contributed by atoms with Crippen molar-refractivity contribution < 1.29 is 22.7 Å². The molecule has 0 spiro atoms. The van der Waals surface area contributed by atoms with Gasteiger partial charge in [-0.15, -0.1) is 0 Å². The first-order valence-corrected chi connectivity index (χ1v) is 5.87. The molecule has 2 aromatic rings. The second-order valence-electron chi connectivity index (χ2n) is 4.06. The second kappa shape index (κ2) is 5.83. The van der Waals surface area contributed by atoms with Crippen molar-refractivity contribution in [3.63, 3.8) is 0 Å². The number of rotatable bonds is 4. The summed E-state index contributed by atoms with van der Waals surface area (Å²) < 4.78 is 36.9. The fourth-order valence-corrected chi connectivity index (χ4v) is 1.91. The van der Waals surface area contributed by atoms with Crippen LogP contribution in [0.3, 0.4) is 0 Å². The largest absolute Gasteiger partial charge is 0.463 e. The Hall–Kier alpha value is -2.21. The van der Waals surface area contributed by atoms with Crippen molar-refractivity contribution in [2.75, 3.05) is 14.2 Å². The number of furan rings is 1. The number of benzene rings is 1. The molecule has 1 atom stereocenters. The van der Waals surface area contributed by atoms with Gasteiger partial charge < -0.3 is 14.5 Å². The lowest BCUT2D eigenvalue weighted by Crippen LogP contribution is -2.19. The minimum atomic E-state index is -0.956. The predicted molar refractivity (Wildman–Crippen MR) is 67.3 cm³/mol. The molecule has 1 aromatic carbocycles. The van der Waals surface area contributed by atoms with Gasteiger partial charge in [0.2, 0.25) is 5.76 Å². The summed E-state index contributed by atoms with van der Waals surface area (Å²) in [6.07, 6.45) is 0. The van der Waals surface area contributed by atoms with Gasteiger partial charge in [0.1, 0.15) is 5.76 Å². The molecular formula is C14H13F2NO3. The maximum absolute atomic E-state index is 13.8. The Balaban J connectivity index is 2.40. The minimum Gasteiger partial charge on any atom is -0.463 e. The minimum absolute atomic E-state index is 0.000406. The molecule has 0 saturated heterocycles. The number of carbonyl (C=O) groups excluding carboxylic acids is 1. The highest BCUT2D eigenvalue weighted by Crippen LogP contribution is 2.27. The van der Waals surface area contributed by atoms with Gasteiger partial charge in [-0.3, -0.25) is 0 Å². The van der Waals surface area contributed by atoms with Crippen LogP contribution in [0.25, 0.3) is 0 Å². The fraction of sp³-hybridized carbons (Fsp3) is 0.214. The molecule has 106 valence electrons. The maximum Gasteiger partial charge on any atom is 0.373 e. The second-order valence-corrected chi connectivity index (χ2v) is 4.06. The topological polar surface area (TPSA) is 51.5 Å². The third-order valence-electron chi connectivity index (χ3n) is 2.88. The van der Waals surface area contributed by atoms with Gasteiger partial charge in [0.15, 0.2) is 11.6 Å². The van der Waals surface area contributed by atoms with Gasteiger partial charge >= 0.3 is 5.97 Å². The monoisotopic (exact) mass is 281 g/mol. The fourth-order valence-electron chi connectivity index (χ4n) is 1.91. The zero-order valence-electron chi connectivity index (χ0n) is 10.9. The van der Waals surface area contributed by atoms with E-state index in [0.29, 0.717) is 0 Å². The van der Waals surface area contributed by atoms with E-state index in [4.69, 9.17) is 4.42 Å². The van der Waals surface area contributed by atoms with Crippen LogP contribution >= 0.6 is 0 Å². The van der Waals surface area contributed by atoms with Gasteiger partial charge in [0.05, 0.1) is 13.2 Å². The average molecular weight is 281 g/mol. The molecule has 2 rings (SSSR count). The summed E-state index contributed by atoms with van der Waals surface area (Å²) in [5, 5.41) is 2.82. The molecule has 1 N–H and O–H groups in total. The molecule has 0 fully saturated rings. The number of hydrogen-bond acceptors (Lipinski definition) is 4. The lowest BCUT2D eigenvalue weighted by atomic mass is 10.0. The standard InChI is InChI=1S/C14H13F2NO3/c1-17-13(8-4-3-5-9(15)12(8)16)10-6-7-11(20-10)14(18)19-2/h3-7,13,17H,1-2H3. The van der Waals surface area contributed by atoms with E-state index in [1.165, 1.54) is 31.4 Å². The van der Waals surface area contributed by atoms with E-state index >= 15 is 0 Å². The number of methoxy groups -OCH3 is 1. The van der Waals surface area contributed by atoms with Crippen molar-refractivity contribution in [1.29, 1.82) is 0 Å². The summed E-state index contributed by atoms with van der Waals surface area (Å²) in [4.78, 5) is 11.3. The smallest absolute Gasteiger partial charge is 0.373 e. The Bertz CT molecular complexity index is 625. The van der Waals surface area contributed by atoms with Gasteiger partial charge in [-0.05, 0) is 25.2 Å². The molecule has 20 heavy (non-hydrogen) atoms. The number of carbonyl (C=O) groups is 1. The first kappa shape index (κ1) is 14.2. The van der Waals surface area contributed by atoms with Crippen molar-refractivity contribution in [3.05, 3.63) is 59.1 Å². The molecule has 0 aliphatic carbocycles. The SMILES string of the molecule is CNC(c1ccc(C(=O)OC)o1)c1cccc(F)c1F. The number of esters is 1.